The summed E-state index contributed by atoms with van der Waals surface area (Å²) in [5.41, 5.74) is -0.643. The molecule has 0 saturated carbocycles. The highest BCUT2D eigenvalue weighted by atomic mass is 79.9. The van der Waals surface area contributed by atoms with Crippen molar-refractivity contribution < 1.29 is 17.6 Å². The summed E-state index contributed by atoms with van der Waals surface area (Å²) in [6, 6.07) is 1.97. The van der Waals surface area contributed by atoms with Gasteiger partial charge in [-0.1, -0.05) is 0 Å². The van der Waals surface area contributed by atoms with Gasteiger partial charge in [0, 0.05) is 21.8 Å². The first-order valence-corrected chi connectivity index (χ1v) is 8.28. The Morgan fingerprint density at radius 3 is 2.32 bits per heavy atom. The molecule has 0 atom stereocenters. The van der Waals surface area contributed by atoms with E-state index in [1.54, 1.807) is 20.8 Å². The zero-order valence-electron chi connectivity index (χ0n) is 10.4. The molecule has 1 amide bonds. The van der Waals surface area contributed by atoms with Crippen LogP contribution < -0.4 is 5.32 Å². The lowest BCUT2D eigenvalue weighted by molar-refractivity contribution is 0.0919. The van der Waals surface area contributed by atoms with Crippen molar-refractivity contribution in [3.63, 3.8) is 0 Å². The fraction of sp³-hybridized carbons (Fsp3) is 0.364. The molecule has 0 aliphatic carbocycles. The van der Waals surface area contributed by atoms with E-state index in [2.05, 4.69) is 21.2 Å². The molecule has 0 bridgehead atoms. The molecule has 1 aromatic rings. The molecular formula is C11H12BrClFNO3S. The molecule has 1 N–H and O–H groups in total. The third kappa shape index (κ3) is 4.43. The summed E-state index contributed by atoms with van der Waals surface area (Å²) in [5.74, 6) is -1.46. The third-order valence-corrected chi connectivity index (χ3v) is 4.42. The smallest absolute Gasteiger partial charge is 0.262 e. The maximum absolute atomic E-state index is 13.6. The third-order valence-electron chi connectivity index (χ3n) is 2.01. The maximum atomic E-state index is 13.6. The van der Waals surface area contributed by atoms with E-state index in [9.17, 15) is 17.6 Å². The van der Waals surface area contributed by atoms with Crippen LogP contribution in [0, 0.1) is 5.82 Å². The van der Waals surface area contributed by atoms with E-state index in [1.165, 1.54) is 0 Å². The molecule has 0 aliphatic heterocycles. The topological polar surface area (TPSA) is 63.2 Å². The van der Waals surface area contributed by atoms with E-state index >= 15 is 0 Å². The van der Waals surface area contributed by atoms with E-state index in [4.69, 9.17) is 10.7 Å². The monoisotopic (exact) mass is 371 g/mol. The lowest BCUT2D eigenvalue weighted by Gasteiger charge is -2.20. The van der Waals surface area contributed by atoms with Gasteiger partial charge in [0.15, 0.2) is 0 Å². The molecule has 0 fully saturated rings. The minimum absolute atomic E-state index is 0.116. The van der Waals surface area contributed by atoms with E-state index < -0.39 is 31.2 Å². The van der Waals surface area contributed by atoms with E-state index in [1.807, 2.05) is 0 Å². The zero-order valence-corrected chi connectivity index (χ0v) is 13.6. The molecule has 4 nitrogen and oxygen atoms in total. The zero-order chi connectivity index (χ0) is 15.0. The molecule has 8 heteroatoms. The van der Waals surface area contributed by atoms with Gasteiger partial charge in [-0.2, -0.15) is 0 Å². The largest absolute Gasteiger partial charge is 0.347 e. The summed E-state index contributed by atoms with van der Waals surface area (Å²) < 4.78 is 35.9. The van der Waals surface area contributed by atoms with Crippen LogP contribution >= 0.6 is 26.6 Å². The number of benzene rings is 1. The average Bonchev–Trinajstić information content (AvgIpc) is 2.17. The van der Waals surface area contributed by atoms with Crippen molar-refractivity contribution in [1.82, 2.24) is 5.32 Å². The standard InChI is InChI=1S/C11H12BrClFNO3S/c1-11(2,3)15-10(16)6-4-7(14)9(12)8(5-6)19(13,17)18/h4-5H,1-3H3,(H,15,16). The van der Waals surface area contributed by atoms with Crippen molar-refractivity contribution >= 4 is 41.6 Å². The molecule has 19 heavy (non-hydrogen) atoms. The summed E-state index contributed by atoms with van der Waals surface area (Å²) in [6.07, 6.45) is 0. The summed E-state index contributed by atoms with van der Waals surface area (Å²) in [6.45, 7) is 5.25. The van der Waals surface area contributed by atoms with E-state index in [-0.39, 0.29) is 10.0 Å². The molecule has 0 spiro atoms. The second-order valence-corrected chi connectivity index (χ2v) is 8.24. The SMILES string of the molecule is CC(C)(C)NC(=O)c1cc(F)c(Br)c(S(=O)(=O)Cl)c1. The van der Waals surface area contributed by atoms with Crippen LogP contribution in [0.5, 0.6) is 0 Å². The van der Waals surface area contributed by atoms with Crippen LogP contribution in [0.15, 0.2) is 21.5 Å². The number of nitrogens with one attached hydrogen (secondary N) is 1. The first-order valence-electron chi connectivity index (χ1n) is 5.18. The Kier molecular flexibility index (Phi) is 4.64. The van der Waals surface area contributed by atoms with Gasteiger partial charge in [0.2, 0.25) is 0 Å². The Bertz CT molecular complexity index is 626. The van der Waals surface area contributed by atoms with Gasteiger partial charge < -0.3 is 5.32 Å². The van der Waals surface area contributed by atoms with Gasteiger partial charge in [-0.05, 0) is 48.8 Å². The Morgan fingerprint density at radius 1 is 1.37 bits per heavy atom. The minimum atomic E-state index is -4.15. The lowest BCUT2D eigenvalue weighted by atomic mass is 10.1. The van der Waals surface area contributed by atoms with Crippen molar-refractivity contribution in [3.05, 3.63) is 28.0 Å². The van der Waals surface area contributed by atoms with Crippen LogP contribution in [0.2, 0.25) is 0 Å². The maximum Gasteiger partial charge on any atom is 0.262 e. The Hall–Kier alpha value is -0.660. The highest BCUT2D eigenvalue weighted by Crippen LogP contribution is 2.29. The van der Waals surface area contributed by atoms with Crippen molar-refractivity contribution in [2.24, 2.45) is 0 Å². The number of carbonyl (C=O) groups excluding carboxylic acids is 1. The minimum Gasteiger partial charge on any atom is -0.347 e. The molecule has 0 heterocycles. The van der Waals surface area contributed by atoms with Gasteiger partial charge in [0.1, 0.15) is 10.7 Å². The van der Waals surface area contributed by atoms with Crippen LogP contribution in [0.25, 0.3) is 0 Å². The van der Waals surface area contributed by atoms with Crippen molar-refractivity contribution in [1.29, 1.82) is 0 Å². The summed E-state index contributed by atoms with van der Waals surface area (Å²) in [5, 5.41) is 2.60. The molecule has 0 radical (unpaired) electrons. The number of amides is 1. The van der Waals surface area contributed by atoms with Crippen molar-refractivity contribution in [3.8, 4) is 0 Å². The van der Waals surface area contributed by atoms with Gasteiger partial charge >= 0.3 is 0 Å². The van der Waals surface area contributed by atoms with Crippen LogP contribution in [0.3, 0.4) is 0 Å². The normalized spacial score (nSPS) is 12.3. The Balaban J connectivity index is 3.33. The highest BCUT2D eigenvalue weighted by molar-refractivity contribution is 9.10. The summed E-state index contributed by atoms with van der Waals surface area (Å²) in [7, 11) is 1.04. The highest BCUT2D eigenvalue weighted by Gasteiger charge is 2.23. The fourth-order valence-corrected chi connectivity index (χ4v) is 3.38. The number of carbonyl (C=O) groups is 1. The molecular weight excluding hydrogens is 361 g/mol. The molecule has 0 aliphatic rings. The molecule has 1 aromatic carbocycles. The second kappa shape index (κ2) is 5.38. The molecule has 0 unspecified atom stereocenters. The lowest BCUT2D eigenvalue weighted by Crippen LogP contribution is -2.40. The Morgan fingerprint density at radius 2 is 1.89 bits per heavy atom. The van der Waals surface area contributed by atoms with Gasteiger partial charge in [-0.25, -0.2) is 12.8 Å². The van der Waals surface area contributed by atoms with Crippen molar-refractivity contribution in [2.75, 3.05) is 0 Å². The Labute approximate surface area is 123 Å². The number of rotatable bonds is 2. The van der Waals surface area contributed by atoms with E-state index in [0.29, 0.717) is 0 Å². The number of halogens is 3. The van der Waals surface area contributed by atoms with Crippen LogP contribution in [-0.4, -0.2) is 19.9 Å². The average molecular weight is 373 g/mol. The van der Waals surface area contributed by atoms with Gasteiger partial charge in [-0.15, -0.1) is 0 Å². The fourth-order valence-electron chi connectivity index (χ4n) is 1.29. The van der Waals surface area contributed by atoms with Crippen molar-refractivity contribution in [2.45, 2.75) is 31.2 Å². The first kappa shape index (κ1) is 16.4. The summed E-state index contributed by atoms with van der Waals surface area (Å²) in [4.78, 5) is 11.4. The van der Waals surface area contributed by atoms with Gasteiger partial charge in [0.25, 0.3) is 15.0 Å². The quantitative estimate of drug-likeness (QED) is 0.812. The molecule has 0 aromatic heterocycles. The summed E-state index contributed by atoms with van der Waals surface area (Å²) >= 11 is 2.79. The van der Waals surface area contributed by atoms with Gasteiger partial charge in [-0.3, -0.25) is 4.79 Å². The molecule has 0 saturated heterocycles. The predicted octanol–water partition coefficient (Wildman–Crippen LogP) is 3.04. The second-order valence-electron chi connectivity index (χ2n) is 4.91. The first-order chi connectivity index (χ1) is 8.42. The van der Waals surface area contributed by atoms with Crippen LogP contribution in [0.4, 0.5) is 4.39 Å². The predicted molar refractivity (Wildman–Crippen MR) is 74.4 cm³/mol. The van der Waals surface area contributed by atoms with Gasteiger partial charge in [0.05, 0.1) is 4.47 Å². The van der Waals surface area contributed by atoms with E-state index in [0.717, 1.165) is 12.1 Å². The number of hydrogen-bond donors (Lipinski definition) is 1. The number of hydrogen-bond acceptors (Lipinski definition) is 3. The molecule has 106 valence electrons. The molecule has 1 rings (SSSR count). The van der Waals surface area contributed by atoms with Crippen LogP contribution in [0.1, 0.15) is 31.1 Å². The van der Waals surface area contributed by atoms with Crippen LogP contribution in [-0.2, 0) is 9.05 Å².